The fourth-order valence-electron chi connectivity index (χ4n) is 1.72. The molecule has 0 spiro atoms. The van der Waals surface area contributed by atoms with Gasteiger partial charge < -0.3 is 10.6 Å². The summed E-state index contributed by atoms with van der Waals surface area (Å²) in [5.74, 6) is -1.86. The Morgan fingerprint density at radius 2 is 2.05 bits per heavy atom. The monoisotopic (exact) mass is 282 g/mol. The maximum atomic E-state index is 13.9. The number of anilines is 1. The zero-order valence-electron chi connectivity index (χ0n) is 10.2. The van der Waals surface area contributed by atoms with E-state index >= 15 is 0 Å². The minimum atomic E-state index is -0.747. The van der Waals surface area contributed by atoms with Crippen molar-refractivity contribution in [3.05, 3.63) is 45.9 Å². The first-order valence-electron chi connectivity index (χ1n) is 5.40. The van der Waals surface area contributed by atoms with Crippen molar-refractivity contribution in [2.24, 2.45) is 5.73 Å². The highest BCUT2D eigenvalue weighted by Crippen LogP contribution is 2.25. The summed E-state index contributed by atoms with van der Waals surface area (Å²) in [6.07, 6.45) is 0. The second-order valence-electron chi connectivity index (χ2n) is 4.04. The maximum absolute atomic E-state index is 13.9. The largest absolute Gasteiger partial charge is 0.384 e. The molecule has 0 aliphatic rings. The van der Waals surface area contributed by atoms with E-state index in [4.69, 9.17) is 11.1 Å². The summed E-state index contributed by atoms with van der Waals surface area (Å²) in [6.45, 7) is 0.302. The van der Waals surface area contributed by atoms with Crippen molar-refractivity contribution in [2.75, 3.05) is 11.9 Å². The van der Waals surface area contributed by atoms with E-state index < -0.39 is 11.6 Å². The minimum Gasteiger partial charge on any atom is -0.384 e. The van der Waals surface area contributed by atoms with Gasteiger partial charge >= 0.3 is 0 Å². The minimum absolute atomic E-state index is 0.0285. The summed E-state index contributed by atoms with van der Waals surface area (Å²) in [6, 6.07) is 2.11. The molecule has 0 saturated heterocycles. The highest BCUT2D eigenvalue weighted by molar-refractivity contribution is 7.07. The molecule has 0 fully saturated rings. The Kier molecular flexibility index (Phi) is 3.75. The van der Waals surface area contributed by atoms with E-state index in [0.29, 0.717) is 6.54 Å². The number of nitrogen functional groups attached to an aromatic ring is 1. The number of nitrogens with two attached hydrogens (primary N) is 1. The molecule has 0 unspecified atom stereocenters. The van der Waals surface area contributed by atoms with Crippen molar-refractivity contribution in [2.45, 2.75) is 6.54 Å². The molecule has 0 atom stereocenters. The zero-order valence-corrected chi connectivity index (χ0v) is 11.0. The van der Waals surface area contributed by atoms with Gasteiger partial charge in [0.25, 0.3) is 0 Å². The zero-order chi connectivity index (χ0) is 14.0. The number of benzene rings is 1. The first-order valence-corrected chi connectivity index (χ1v) is 6.35. The lowest BCUT2D eigenvalue weighted by Crippen LogP contribution is -2.20. The lowest BCUT2D eigenvalue weighted by atomic mass is 10.1. The lowest BCUT2D eigenvalue weighted by Gasteiger charge is -2.20. The molecule has 0 aliphatic heterocycles. The fraction of sp³-hybridized carbons (Fsp3) is 0.167. The Bertz CT molecular complexity index is 575. The molecule has 0 saturated carbocycles. The molecule has 3 N–H and O–H groups in total. The molecule has 0 bridgehead atoms. The number of hydrogen-bond donors (Lipinski definition) is 2. The van der Waals surface area contributed by atoms with Crippen LogP contribution in [0.1, 0.15) is 11.3 Å². The molecule has 0 amide bonds. The Hall–Kier alpha value is -2.02. The quantitative estimate of drug-likeness (QED) is 0.668. The van der Waals surface area contributed by atoms with Gasteiger partial charge in [-0.25, -0.2) is 13.8 Å². The van der Waals surface area contributed by atoms with E-state index in [-0.39, 0.29) is 17.1 Å². The van der Waals surface area contributed by atoms with Crippen molar-refractivity contribution < 1.29 is 8.78 Å². The molecule has 4 nitrogen and oxygen atoms in total. The summed E-state index contributed by atoms with van der Waals surface area (Å²) >= 11 is 1.42. The van der Waals surface area contributed by atoms with Gasteiger partial charge in [-0.1, -0.05) is 0 Å². The molecule has 100 valence electrons. The van der Waals surface area contributed by atoms with Gasteiger partial charge in [0.05, 0.1) is 17.7 Å². The number of amidine groups is 1. The van der Waals surface area contributed by atoms with Gasteiger partial charge in [-0.2, -0.15) is 0 Å². The third-order valence-corrected chi connectivity index (χ3v) is 3.23. The second kappa shape index (κ2) is 5.31. The maximum Gasteiger partial charge on any atom is 0.150 e. The van der Waals surface area contributed by atoms with Crippen LogP contribution < -0.4 is 10.6 Å². The highest BCUT2D eigenvalue weighted by atomic mass is 32.1. The summed E-state index contributed by atoms with van der Waals surface area (Å²) in [7, 11) is 1.58. The summed E-state index contributed by atoms with van der Waals surface area (Å²) in [5, 5.41) is 9.00. The molecule has 0 aliphatic carbocycles. The van der Waals surface area contributed by atoms with E-state index in [9.17, 15) is 8.78 Å². The van der Waals surface area contributed by atoms with Crippen LogP contribution in [0, 0.1) is 17.0 Å². The SMILES string of the molecule is CN(Cc1cscn1)c1c(F)cc(C(=N)N)cc1F. The smallest absolute Gasteiger partial charge is 0.150 e. The van der Waals surface area contributed by atoms with Crippen molar-refractivity contribution in [3.8, 4) is 0 Å². The van der Waals surface area contributed by atoms with Crippen molar-refractivity contribution in [1.82, 2.24) is 4.98 Å². The first-order chi connectivity index (χ1) is 8.99. The van der Waals surface area contributed by atoms with E-state index in [0.717, 1.165) is 17.8 Å². The topological polar surface area (TPSA) is 66.0 Å². The molecule has 0 radical (unpaired) electrons. The van der Waals surface area contributed by atoms with Crippen LogP contribution in [0.15, 0.2) is 23.0 Å². The number of halogens is 2. The summed E-state index contributed by atoms with van der Waals surface area (Å²) in [5.41, 5.74) is 7.49. The molecular formula is C12H12F2N4S. The standard InChI is InChI=1S/C12H12F2N4S/c1-18(4-8-5-19-6-17-8)11-9(13)2-7(12(15)16)3-10(11)14/h2-3,5-6H,4H2,1H3,(H3,15,16). The predicted molar refractivity (Wildman–Crippen MR) is 71.6 cm³/mol. The summed E-state index contributed by atoms with van der Waals surface area (Å²) < 4.78 is 27.8. The number of aromatic nitrogens is 1. The lowest BCUT2D eigenvalue weighted by molar-refractivity contribution is 0.575. The molecule has 2 aromatic rings. The fourth-order valence-corrected chi connectivity index (χ4v) is 2.27. The molecule has 19 heavy (non-hydrogen) atoms. The number of nitrogens with zero attached hydrogens (tertiary/aromatic N) is 2. The van der Waals surface area contributed by atoms with Crippen LogP contribution in [0.5, 0.6) is 0 Å². The molecule has 1 aromatic carbocycles. The van der Waals surface area contributed by atoms with Crippen molar-refractivity contribution in [1.29, 1.82) is 5.41 Å². The Morgan fingerprint density at radius 3 is 2.53 bits per heavy atom. The number of nitrogens with one attached hydrogen (secondary N) is 1. The van der Waals surface area contributed by atoms with E-state index in [2.05, 4.69) is 4.98 Å². The van der Waals surface area contributed by atoms with Gasteiger partial charge in [0.2, 0.25) is 0 Å². The van der Waals surface area contributed by atoms with Gasteiger partial charge in [-0.05, 0) is 12.1 Å². The van der Waals surface area contributed by atoms with Crippen LogP contribution in [0.25, 0.3) is 0 Å². The van der Waals surface area contributed by atoms with Crippen LogP contribution in [0.2, 0.25) is 0 Å². The first kappa shape index (κ1) is 13.4. The van der Waals surface area contributed by atoms with Crippen LogP contribution in [0.4, 0.5) is 14.5 Å². The highest BCUT2D eigenvalue weighted by Gasteiger charge is 2.17. The third kappa shape index (κ3) is 2.87. The van der Waals surface area contributed by atoms with E-state index in [1.807, 2.05) is 5.38 Å². The van der Waals surface area contributed by atoms with Gasteiger partial charge in [-0.15, -0.1) is 11.3 Å². The Labute approximate surface area is 113 Å². The molecular weight excluding hydrogens is 270 g/mol. The average Bonchev–Trinajstić information content (AvgIpc) is 2.80. The Morgan fingerprint density at radius 1 is 1.42 bits per heavy atom. The van der Waals surface area contributed by atoms with Crippen molar-refractivity contribution in [3.63, 3.8) is 0 Å². The van der Waals surface area contributed by atoms with Gasteiger partial charge in [0.1, 0.15) is 23.2 Å². The number of hydrogen-bond acceptors (Lipinski definition) is 4. The molecule has 1 aromatic heterocycles. The normalized spacial score (nSPS) is 10.5. The average molecular weight is 282 g/mol. The van der Waals surface area contributed by atoms with Gasteiger partial charge in [0.15, 0.2) is 0 Å². The number of thiazole rings is 1. The van der Waals surface area contributed by atoms with Gasteiger partial charge in [0, 0.05) is 18.0 Å². The van der Waals surface area contributed by atoms with Gasteiger partial charge in [-0.3, -0.25) is 5.41 Å². The molecule has 7 heteroatoms. The van der Waals surface area contributed by atoms with Crippen LogP contribution in [-0.2, 0) is 6.54 Å². The van der Waals surface area contributed by atoms with E-state index in [1.54, 1.807) is 12.6 Å². The summed E-state index contributed by atoms with van der Waals surface area (Å²) in [4.78, 5) is 5.50. The Balaban J connectivity index is 2.31. The van der Waals surface area contributed by atoms with E-state index in [1.165, 1.54) is 16.2 Å². The predicted octanol–water partition coefficient (Wildman–Crippen LogP) is 2.34. The molecule has 1 heterocycles. The van der Waals surface area contributed by atoms with Crippen molar-refractivity contribution >= 4 is 22.9 Å². The number of rotatable bonds is 4. The second-order valence-corrected chi connectivity index (χ2v) is 4.76. The van der Waals surface area contributed by atoms with Crippen LogP contribution >= 0.6 is 11.3 Å². The van der Waals surface area contributed by atoms with Crippen LogP contribution in [-0.4, -0.2) is 17.9 Å². The van der Waals surface area contributed by atoms with Crippen LogP contribution in [0.3, 0.4) is 0 Å². The molecule has 2 rings (SSSR count). The third-order valence-electron chi connectivity index (χ3n) is 2.59.